The molecule has 4 rings (SSSR count). The van der Waals surface area contributed by atoms with Gasteiger partial charge in [0.05, 0.1) is 23.0 Å². The molecule has 0 N–H and O–H groups in total. The van der Waals surface area contributed by atoms with E-state index in [9.17, 15) is 4.79 Å². The third-order valence-electron chi connectivity index (χ3n) is 3.63. The van der Waals surface area contributed by atoms with E-state index in [1.807, 2.05) is 48.8 Å². The van der Waals surface area contributed by atoms with Crippen LogP contribution in [0, 0.1) is 0 Å². The minimum absolute atomic E-state index is 0.708. The molecule has 0 amide bonds. The third-order valence-corrected chi connectivity index (χ3v) is 5.78. The summed E-state index contributed by atoms with van der Waals surface area (Å²) >= 11 is 3.03. The van der Waals surface area contributed by atoms with Crippen LogP contribution >= 0.6 is 22.7 Å². The van der Waals surface area contributed by atoms with Crippen LogP contribution < -0.4 is 4.74 Å². The van der Waals surface area contributed by atoms with Gasteiger partial charge in [0, 0.05) is 33.3 Å². The summed E-state index contributed by atoms with van der Waals surface area (Å²) in [5, 5.41) is 0.872. The molecule has 0 saturated heterocycles. The molecule has 4 heterocycles. The quantitative estimate of drug-likeness (QED) is 0.490. The summed E-state index contributed by atoms with van der Waals surface area (Å²) in [6.45, 7) is 0. The highest BCUT2D eigenvalue weighted by molar-refractivity contribution is 7.17. The van der Waals surface area contributed by atoms with Crippen molar-refractivity contribution in [1.82, 2.24) is 9.97 Å². The lowest BCUT2D eigenvalue weighted by Crippen LogP contribution is -1.86. The Balaban J connectivity index is 1.73. The number of pyridine rings is 2. The van der Waals surface area contributed by atoms with Crippen LogP contribution in [0.5, 0.6) is 5.06 Å². The maximum Gasteiger partial charge on any atom is 0.173 e. The Bertz CT molecular complexity index is 1040. The maximum absolute atomic E-state index is 10.8. The van der Waals surface area contributed by atoms with Gasteiger partial charge < -0.3 is 4.74 Å². The van der Waals surface area contributed by atoms with Crippen molar-refractivity contribution in [1.29, 1.82) is 0 Å². The second-order valence-electron chi connectivity index (χ2n) is 5.13. The lowest BCUT2D eigenvalue weighted by atomic mass is 10.1. The van der Waals surface area contributed by atoms with Crippen molar-refractivity contribution >= 4 is 40.0 Å². The summed E-state index contributed by atoms with van der Waals surface area (Å²) in [7, 11) is 1.66. The first-order valence-electron chi connectivity index (χ1n) is 7.22. The summed E-state index contributed by atoms with van der Waals surface area (Å²) in [6, 6.07) is 11.8. The van der Waals surface area contributed by atoms with Crippen LogP contribution in [0.15, 0.2) is 48.8 Å². The van der Waals surface area contributed by atoms with Crippen LogP contribution in [0.1, 0.15) is 9.67 Å². The molecule has 4 nitrogen and oxygen atoms in total. The Kier molecular flexibility index (Phi) is 3.84. The van der Waals surface area contributed by atoms with Gasteiger partial charge in [-0.2, -0.15) is 0 Å². The van der Waals surface area contributed by atoms with Crippen LogP contribution in [-0.2, 0) is 0 Å². The van der Waals surface area contributed by atoms with Crippen molar-refractivity contribution in [2.24, 2.45) is 0 Å². The summed E-state index contributed by atoms with van der Waals surface area (Å²) < 4.78 is 5.24. The van der Waals surface area contributed by atoms with Crippen molar-refractivity contribution in [3.8, 4) is 25.9 Å². The van der Waals surface area contributed by atoms with E-state index in [1.54, 1.807) is 18.4 Å². The van der Waals surface area contributed by atoms with Gasteiger partial charge in [0.15, 0.2) is 11.3 Å². The number of hydrogen-bond donors (Lipinski definition) is 0. The van der Waals surface area contributed by atoms with Gasteiger partial charge in [-0.3, -0.25) is 14.8 Å². The average Bonchev–Trinajstić information content (AvgIpc) is 3.30. The molecule has 0 aliphatic heterocycles. The van der Waals surface area contributed by atoms with Gasteiger partial charge in [0.1, 0.15) is 0 Å². The molecule has 0 saturated carbocycles. The molecular weight excluding hydrogens is 340 g/mol. The van der Waals surface area contributed by atoms with Crippen molar-refractivity contribution in [3.05, 3.63) is 53.7 Å². The first-order chi connectivity index (χ1) is 11.8. The monoisotopic (exact) mass is 352 g/mol. The lowest BCUT2D eigenvalue weighted by Gasteiger charge is -2.03. The zero-order valence-electron chi connectivity index (χ0n) is 12.7. The fourth-order valence-electron chi connectivity index (χ4n) is 2.43. The van der Waals surface area contributed by atoms with Gasteiger partial charge in [-0.1, -0.05) is 11.3 Å². The van der Waals surface area contributed by atoms with Crippen LogP contribution in [0.2, 0.25) is 0 Å². The summed E-state index contributed by atoms with van der Waals surface area (Å²) in [5.41, 5.74) is 3.67. The normalized spacial score (nSPS) is 10.9. The fourth-order valence-corrected chi connectivity index (χ4v) is 4.03. The number of fused-ring (bicyclic) bond motifs is 1. The van der Waals surface area contributed by atoms with Gasteiger partial charge in [-0.25, -0.2) is 0 Å². The zero-order valence-corrected chi connectivity index (χ0v) is 14.4. The molecule has 0 bridgehead atoms. The minimum Gasteiger partial charge on any atom is -0.487 e. The maximum atomic E-state index is 10.8. The molecule has 0 aliphatic carbocycles. The van der Waals surface area contributed by atoms with E-state index in [1.165, 1.54) is 11.3 Å². The Morgan fingerprint density at radius 3 is 2.08 bits per heavy atom. The van der Waals surface area contributed by atoms with Gasteiger partial charge in [0.2, 0.25) is 0 Å². The first-order valence-corrected chi connectivity index (χ1v) is 8.85. The Hall–Kier alpha value is -2.57. The lowest BCUT2D eigenvalue weighted by molar-refractivity contribution is 0.112. The second kappa shape index (κ2) is 6.14. The predicted octanol–water partition coefficient (Wildman–Crippen LogP) is 4.91. The van der Waals surface area contributed by atoms with E-state index in [4.69, 9.17) is 4.74 Å². The number of rotatable bonds is 4. The number of carbonyl (C=O) groups excluding carboxylic acids is 1. The van der Waals surface area contributed by atoms with E-state index in [0.717, 1.165) is 43.3 Å². The largest absolute Gasteiger partial charge is 0.487 e. The van der Waals surface area contributed by atoms with Gasteiger partial charge in [-0.05, 0) is 36.4 Å². The molecule has 0 atom stereocenters. The smallest absolute Gasteiger partial charge is 0.173 e. The number of aromatic nitrogens is 2. The number of ether oxygens (including phenoxy) is 1. The topological polar surface area (TPSA) is 52.1 Å². The van der Waals surface area contributed by atoms with Crippen LogP contribution in [0.4, 0.5) is 0 Å². The molecule has 4 aromatic heterocycles. The summed E-state index contributed by atoms with van der Waals surface area (Å²) in [5.74, 6) is 0. The number of aldehydes is 1. The van der Waals surface area contributed by atoms with E-state index >= 15 is 0 Å². The van der Waals surface area contributed by atoms with Crippen LogP contribution in [-0.4, -0.2) is 23.4 Å². The number of methoxy groups -OCH3 is 1. The predicted molar refractivity (Wildman–Crippen MR) is 98.1 cm³/mol. The second-order valence-corrected chi connectivity index (χ2v) is 7.29. The number of carbonyl (C=O) groups is 1. The van der Waals surface area contributed by atoms with E-state index in [0.29, 0.717) is 4.88 Å². The van der Waals surface area contributed by atoms with E-state index in [2.05, 4.69) is 9.97 Å². The van der Waals surface area contributed by atoms with Crippen molar-refractivity contribution < 1.29 is 9.53 Å². The number of hydrogen-bond acceptors (Lipinski definition) is 6. The van der Waals surface area contributed by atoms with Crippen LogP contribution in [0.3, 0.4) is 0 Å². The molecule has 4 aromatic rings. The molecule has 0 aromatic carbocycles. The van der Waals surface area contributed by atoms with Crippen molar-refractivity contribution in [3.63, 3.8) is 0 Å². The molecule has 0 spiro atoms. The van der Waals surface area contributed by atoms with E-state index < -0.39 is 0 Å². The Morgan fingerprint density at radius 2 is 1.54 bits per heavy atom. The Morgan fingerprint density at radius 1 is 0.917 bits per heavy atom. The molecule has 6 heteroatoms. The Labute approximate surface area is 146 Å². The highest BCUT2D eigenvalue weighted by Crippen LogP contribution is 2.34. The molecule has 0 aliphatic rings. The number of thiophene rings is 2. The fraction of sp³-hybridized carbons (Fsp3) is 0.0556. The van der Waals surface area contributed by atoms with Crippen LogP contribution in [0.25, 0.3) is 31.9 Å². The molecule has 0 fully saturated rings. The van der Waals surface area contributed by atoms with Crippen molar-refractivity contribution in [2.75, 3.05) is 7.11 Å². The molecule has 0 unspecified atom stereocenters. The van der Waals surface area contributed by atoms with Gasteiger partial charge >= 0.3 is 0 Å². The first kappa shape index (κ1) is 15.0. The molecule has 118 valence electrons. The zero-order chi connectivity index (χ0) is 16.5. The summed E-state index contributed by atoms with van der Waals surface area (Å²) in [6.07, 6.45) is 4.54. The average molecular weight is 352 g/mol. The number of nitrogens with zero attached hydrogens (tertiary/aromatic N) is 2. The van der Waals surface area contributed by atoms with Crippen molar-refractivity contribution in [2.45, 2.75) is 0 Å². The molecule has 0 radical (unpaired) electrons. The minimum atomic E-state index is 0.708. The standard InChI is InChI=1S/C18H12N2O2S2/c1-22-18-5-4-17(24-18)12-7-15-14(20-9-12)6-11(8-19-15)16-3-2-13(10-21)23-16/h2-10H,1H3. The molecule has 24 heavy (non-hydrogen) atoms. The SMILES string of the molecule is COc1ccc(-c2cnc3cc(-c4ccc(C=O)s4)cnc3c2)s1. The van der Waals surface area contributed by atoms with Gasteiger partial charge in [-0.15, -0.1) is 11.3 Å². The van der Waals surface area contributed by atoms with E-state index in [-0.39, 0.29) is 0 Å². The highest BCUT2D eigenvalue weighted by Gasteiger charge is 2.08. The van der Waals surface area contributed by atoms with Gasteiger partial charge in [0.25, 0.3) is 0 Å². The molecular formula is C18H12N2O2S2. The third kappa shape index (κ3) is 2.70. The summed E-state index contributed by atoms with van der Waals surface area (Å²) in [4.78, 5) is 22.7. The highest BCUT2D eigenvalue weighted by atomic mass is 32.1.